The normalized spacial score (nSPS) is 12.1. The molecule has 0 radical (unpaired) electrons. The van der Waals surface area contributed by atoms with Gasteiger partial charge in [0.25, 0.3) is 0 Å². The molecule has 2 amide bonds. The van der Waals surface area contributed by atoms with Crippen molar-refractivity contribution in [2.45, 2.75) is 26.2 Å². The first-order chi connectivity index (χ1) is 6.57. The Balaban J connectivity index is 3.59. The average molecular weight is 201 g/mol. The van der Waals surface area contributed by atoms with E-state index in [-0.39, 0.29) is 18.4 Å². The Bertz CT molecular complexity index is 194. The summed E-state index contributed by atoms with van der Waals surface area (Å²) in [4.78, 5) is 21.7. The highest BCUT2D eigenvalue weighted by Gasteiger charge is 2.11. The van der Waals surface area contributed by atoms with Gasteiger partial charge in [-0.25, -0.2) is 0 Å². The van der Waals surface area contributed by atoms with E-state index in [1.54, 1.807) is 0 Å². The standard InChI is InChI=1S/C9H19N3O2/c1-7(4-2-3-5-10)9(14)12-6-8(11)13/h7H,2-6,10H2,1H3,(H2,11,13)(H,12,14). The van der Waals surface area contributed by atoms with Gasteiger partial charge in [-0.1, -0.05) is 13.3 Å². The van der Waals surface area contributed by atoms with E-state index in [0.717, 1.165) is 19.3 Å². The lowest BCUT2D eigenvalue weighted by Gasteiger charge is -2.10. The molecule has 0 heterocycles. The highest BCUT2D eigenvalue weighted by Crippen LogP contribution is 2.06. The van der Waals surface area contributed by atoms with Crippen molar-refractivity contribution >= 4 is 11.8 Å². The topological polar surface area (TPSA) is 98.2 Å². The van der Waals surface area contributed by atoms with Crippen molar-refractivity contribution in [2.24, 2.45) is 17.4 Å². The van der Waals surface area contributed by atoms with E-state index in [9.17, 15) is 9.59 Å². The van der Waals surface area contributed by atoms with E-state index in [0.29, 0.717) is 6.54 Å². The van der Waals surface area contributed by atoms with Crippen LogP contribution in [0, 0.1) is 5.92 Å². The maximum Gasteiger partial charge on any atom is 0.236 e. The summed E-state index contributed by atoms with van der Waals surface area (Å²) in [6.07, 6.45) is 2.65. The third kappa shape index (κ3) is 6.42. The maximum atomic E-state index is 11.3. The minimum Gasteiger partial charge on any atom is -0.368 e. The van der Waals surface area contributed by atoms with Crippen molar-refractivity contribution in [1.82, 2.24) is 5.32 Å². The molecule has 5 N–H and O–H groups in total. The first kappa shape index (κ1) is 12.9. The molecule has 0 aliphatic heterocycles. The fraction of sp³-hybridized carbons (Fsp3) is 0.778. The molecule has 0 saturated heterocycles. The SMILES string of the molecule is CC(CCCCN)C(=O)NCC(N)=O. The van der Waals surface area contributed by atoms with E-state index in [4.69, 9.17) is 11.5 Å². The fourth-order valence-electron chi connectivity index (χ4n) is 1.07. The molecule has 0 aromatic rings. The summed E-state index contributed by atoms with van der Waals surface area (Å²) in [6, 6.07) is 0. The summed E-state index contributed by atoms with van der Waals surface area (Å²) < 4.78 is 0. The van der Waals surface area contributed by atoms with Crippen LogP contribution in [0.15, 0.2) is 0 Å². The third-order valence-electron chi connectivity index (χ3n) is 1.98. The zero-order valence-corrected chi connectivity index (χ0v) is 8.58. The van der Waals surface area contributed by atoms with Crippen LogP contribution in [0.5, 0.6) is 0 Å². The number of carbonyl (C=O) groups is 2. The molecule has 14 heavy (non-hydrogen) atoms. The highest BCUT2D eigenvalue weighted by atomic mass is 16.2. The smallest absolute Gasteiger partial charge is 0.236 e. The molecule has 1 unspecified atom stereocenters. The second kappa shape index (κ2) is 7.32. The van der Waals surface area contributed by atoms with E-state index in [1.807, 2.05) is 6.92 Å². The summed E-state index contributed by atoms with van der Waals surface area (Å²) in [5, 5.41) is 2.46. The highest BCUT2D eigenvalue weighted by molar-refractivity contribution is 5.84. The minimum atomic E-state index is -0.521. The summed E-state index contributed by atoms with van der Waals surface area (Å²) in [6.45, 7) is 2.39. The predicted octanol–water partition coefficient (Wildman–Crippen LogP) is -0.647. The number of nitrogens with one attached hydrogen (secondary N) is 1. The molecule has 0 bridgehead atoms. The molecule has 0 aromatic carbocycles. The Morgan fingerprint density at radius 1 is 1.36 bits per heavy atom. The number of primary amides is 1. The van der Waals surface area contributed by atoms with Gasteiger partial charge in [0.2, 0.25) is 11.8 Å². The Kier molecular flexibility index (Phi) is 6.74. The monoisotopic (exact) mass is 201 g/mol. The molecule has 0 spiro atoms. The van der Waals surface area contributed by atoms with E-state index < -0.39 is 5.91 Å². The van der Waals surface area contributed by atoms with Crippen LogP contribution in [0.2, 0.25) is 0 Å². The molecular formula is C9H19N3O2. The van der Waals surface area contributed by atoms with Gasteiger partial charge in [0.15, 0.2) is 0 Å². The molecule has 0 saturated carbocycles. The zero-order chi connectivity index (χ0) is 11.0. The van der Waals surface area contributed by atoms with Crippen LogP contribution in [0.3, 0.4) is 0 Å². The first-order valence-corrected chi connectivity index (χ1v) is 4.84. The van der Waals surface area contributed by atoms with Crippen molar-refractivity contribution < 1.29 is 9.59 Å². The van der Waals surface area contributed by atoms with Gasteiger partial charge in [0.05, 0.1) is 6.54 Å². The Hall–Kier alpha value is -1.10. The average Bonchev–Trinajstić information content (AvgIpc) is 2.14. The van der Waals surface area contributed by atoms with Gasteiger partial charge in [0.1, 0.15) is 0 Å². The van der Waals surface area contributed by atoms with Gasteiger partial charge >= 0.3 is 0 Å². The predicted molar refractivity (Wildman–Crippen MR) is 54.3 cm³/mol. The van der Waals surface area contributed by atoms with Crippen LogP contribution in [0.25, 0.3) is 0 Å². The Morgan fingerprint density at radius 3 is 2.50 bits per heavy atom. The molecule has 0 fully saturated rings. The Morgan fingerprint density at radius 2 is 2.00 bits per heavy atom. The lowest BCUT2D eigenvalue weighted by Crippen LogP contribution is -2.36. The number of nitrogens with two attached hydrogens (primary N) is 2. The largest absolute Gasteiger partial charge is 0.368 e. The number of hydrogen-bond acceptors (Lipinski definition) is 3. The van der Waals surface area contributed by atoms with E-state index in [2.05, 4.69) is 5.32 Å². The van der Waals surface area contributed by atoms with Gasteiger partial charge in [-0.15, -0.1) is 0 Å². The second-order valence-corrected chi connectivity index (χ2v) is 3.37. The van der Waals surface area contributed by atoms with Crippen LogP contribution in [-0.2, 0) is 9.59 Å². The lowest BCUT2D eigenvalue weighted by molar-refractivity contribution is -0.127. The van der Waals surface area contributed by atoms with Gasteiger partial charge in [-0.2, -0.15) is 0 Å². The molecule has 82 valence electrons. The van der Waals surface area contributed by atoms with Crippen LogP contribution in [0.1, 0.15) is 26.2 Å². The molecule has 1 atom stereocenters. The zero-order valence-electron chi connectivity index (χ0n) is 8.58. The molecule has 5 nitrogen and oxygen atoms in total. The fourth-order valence-corrected chi connectivity index (χ4v) is 1.07. The van der Waals surface area contributed by atoms with E-state index in [1.165, 1.54) is 0 Å². The number of amides is 2. The van der Waals surface area contributed by atoms with Crippen LogP contribution < -0.4 is 16.8 Å². The summed E-state index contributed by atoms with van der Waals surface area (Å²) in [5.41, 5.74) is 10.2. The summed E-state index contributed by atoms with van der Waals surface area (Å²) in [7, 11) is 0. The van der Waals surface area contributed by atoms with E-state index >= 15 is 0 Å². The molecule has 0 aliphatic rings. The summed E-state index contributed by atoms with van der Waals surface area (Å²) >= 11 is 0. The van der Waals surface area contributed by atoms with Gasteiger partial charge < -0.3 is 16.8 Å². The Labute approximate surface area is 84.2 Å². The van der Waals surface area contributed by atoms with Crippen molar-refractivity contribution in [2.75, 3.05) is 13.1 Å². The van der Waals surface area contributed by atoms with Crippen LogP contribution in [-0.4, -0.2) is 24.9 Å². The molecule has 0 aromatic heterocycles. The number of unbranched alkanes of at least 4 members (excludes halogenated alkanes) is 1. The summed E-state index contributed by atoms with van der Waals surface area (Å²) in [5.74, 6) is -0.728. The maximum absolute atomic E-state index is 11.3. The second-order valence-electron chi connectivity index (χ2n) is 3.37. The molecule has 0 aliphatic carbocycles. The van der Waals surface area contributed by atoms with Crippen LogP contribution >= 0.6 is 0 Å². The van der Waals surface area contributed by atoms with Crippen molar-refractivity contribution in [1.29, 1.82) is 0 Å². The first-order valence-electron chi connectivity index (χ1n) is 4.84. The third-order valence-corrected chi connectivity index (χ3v) is 1.98. The van der Waals surface area contributed by atoms with Crippen molar-refractivity contribution in [3.8, 4) is 0 Å². The van der Waals surface area contributed by atoms with Crippen LogP contribution in [0.4, 0.5) is 0 Å². The van der Waals surface area contributed by atoms with Gasteiger partial charge in [0, 0.05) is 5.92 Å². The minimum absolute atomic E-state index is 0.0825. The number of hydrogen-bond donors (Lipinski definition) is 3. The van der Waals surface area contributed by atoms with Gasteiger partial charge in [-0.3, -0.25) is 9.59 Å². The number of rotatable bonds is 7. The van der Waals surface area contributed by atoms with Crippen molar-refractivity contribution in [3.05, 3.63) is 0 Å². The quantitative estimate of drug-likeness (QED) is 0.477. The molecule has 0 rings (SSSR count). The van der Waals surface area contributed by atoms with Gasteiger partial charge in [-0.05, 0) is 19.4 Å². The van der Waals surface area contributed by atoms with Crippen molar-refractivity contribution in [3.63, 3.8) is 0 Å². The molecular weight excluding hydrogens is 182 g/mol. The molecule has 5 heteroatoms. The lowest BCUT2D eigenvalue weighted by atomic mass is 10.0. The number of carbonyl (C=O) groups excluding carboxylic acids is 2.